The normalized spacial score (nSPS) is 10.8. The van der Waals surface area contributed by atoms with Crippen molar-refractivity contribution in [1.29, 1.82) is 0 Å². The molecule has 0 aliphatic carbocycles. The minimum Gasteiger partial charge on any atom is -0.326 e. The van der Waals surface area contributed by atoms with Gasteiger partial charge in [0.25, 0.3) is 5.91 Å². The first-order chi connectivity index (χ1) is 11.6. The highest BCUT2D eigenvalue weighted by molar-refractivity contribution is 7.92. The number of anilines is 3. The van der Waals surface area contributed by atoms with Crippen LogP contribution in [-0.4, -0.2) is 26.5 Å². The molecule has 0 saturated carbocycles. The minimum absolute atomic E-state index is 0.171. The van der Waals surface area contributed by atoms with E-state index in [0.717, 1.165) is 11.8 Å². The van der Waals surface area contributed by atoms with E-state index in [-0.39, 0.29) is 11.8 Å². The van der Waals surface area contributed by atoms with E-state index in [1.54, 1.807) is 36.4 Å². The molecular formula is C17H19N3O4S. The van der Waals surface area contributed by atoms with Crippen LogP contribution in [0.4, 0.5) is 17.1 Å². The Morgan fingerprint density at radius 2 is 1.68 bits per heavy atom. The van der Waals surface area contributed by atoms with Crippen molar-refractivity contribution in [3.05, 3.63) is 53.6 Å². The van der Waals surface area contributed by atoms with Gasteiger partial charge in [0, 0.05) is 29.5 Å². The highest BCUT2D eigenvalue weighted by Crippen LogP contribution is 2.21. The number of hydrogen-bond acceptors (Lipinski definition) is 4. The molecule has 0 heterocycles. The Bertz CT molecular complexity index is 923. The largest absolute Gasteiger partial charge is 0.326 e. The summed E-state index contributed by atoms with van der Waals surface area (Å²) >= 11 is 0. The second kappa shape index (κ2) is 7.35. The summed E-state index contributed by atoms with van der Waals surface area (Å²) in [6.45, 7) is 3.24. The van der Waals surface area contributed by atoms with E-state index < -0.39 is 10.0 Å². The van der Waals surface area contributed by atoms with Gasteiger partial charge in [-0.1, -0.05) is 6.07 Å². The van der Waals surface area contributed by atoms with E-state index >= 15 is 0 Å². The first kappa shape index (κ1) is 18.5. The van der Waals surface area contributed by atoms with Crippen LogP contribution in [0.1, 0.15) is 22.8 Å². The molecule has 3 N–H and O–H groups in total. The lowest BCUT2D eigenvalue weighted by atomic mass is 10.1. The topological polar surface area (TPSA) is 104 Å². The number of nitrogens with one attached hydrogen (secondary N) is 3. The van der Waals surface area contributed by atoms with Gasteiger partial charge in [0.2, 0.25) is 15.9 Å². The molecule has 0 atom stereocenters. The van der Waals surface area contributed by atoms with E-state index in [1.165, 1.54) is 13.0 Å². The maximum atomic E-state index is 12.3. The van der Waals surface area contributed by atoms with Crippen LogP contribution in [0, 0.1) is 6.92 Å². The molecule has 2 rings (SSSR count). The van der Waals surface area contributed by atoms with Gasteiger partial charge in [0.1, 0.15) is 0 Å². The Morgan fingerprint density at radius 3 is 2.28 bits per heavy atom. The van der Waals surface area contributed by atoms with E-state index in [2.05, 4.69) is 15.4 Å². The summed E-state index contributed by atoms with van der Waals surface area (Å²) in [5.41, 5.74) is 2.67. The summed E-state index contributed by atoms with van der Waals surface area (Å²) < 4.78 is 24.9. The monoisotopic (exact) mass is 361 g/mol. The fourth-order valence-electron chi connectivity index (χ4n) is 2.21. The SMILES string of the molecule is CC(=O)Nc1ccc(NC(=O)c2cccc(NS(C)(=O)=O)c2)cc1C. The third-order valence-electron chi connectivity index (χ3n) is 3.22. The molecule has 7 nitrogen and oxygen atoms in total. The van der Waals surface area contributed by atoms with Gasteiger partial charge in [-0.15, -0.1) is 0 Å². The third-order valence-corrected chi connectivity index (χ3v) is 3.83. The Hall–Kier alpha value is -2.87. The lowest BCUT2D eigenvalue weighted by molar-refractivity contribution is -0.114. The molecule has 0 unspecified atom stereocenters. The van der Waals surface area contributed by atoms with E-state index in [4.69, 9.17) is 0 Å². The number of aryl methyl sites for hydroxylation is 1. The van der Waals surface area contributed by atoms with Gasteiger partial charge in [-0.05, 0) is 48.9 Å². The highest BCUT2D eigenvalue weighted by atomic mass is 32.2. The van der Waals surface area contributed by atoms with Gasteiger partial charge >= 0.3 is 0 Å². The number of rotatable bonds is 5. The van der Waals surface area contributed by atoms with Crippen molar-refractivity contribution in [1.82, 2.24) is 0 Å². The van der Waals surface area contributed by atoms with Gasteiger partial charge < -0.3 is 10.6 Å². The Kier molecular flexibility index (Phi) is 5.43. The van der Waals surface area contributed by atoms with Crippen LogP contribution in [0.3, 0.4) is 0 Å². The Labute approximate surface area is 146 Å². The molecule has 2 aromatic rings. The molecule has 0 aliphatic rings. The number of carbonyl (C=O) groups excluding carboxylic acids is 2. The number of sulfonamides is 1. The quantitative estimate of drug-likeness (QED) is 0.761. The van der Waals surface area contributed by atoms with Gasteiger partial charge in [0.05, 0.1) is 6.26 Å². The fraction of sp³-hybridized carbons (Fsp3) is 0.176. The number of amides is 2. The van der Waals surface area contributed by atoms with Crippen molar-refractivity contribution in [3.8, 4) is 0 Å². The molecule has 0 bridgehead atoms. The van der Waals surface area contributed by atoms with E-state index in [9.17, 15) is 18.0 Å². The Morgan fingerprint density at radius 1 is 0.960 bits per heavy atom. The second-order valence-corrected chi connectivity index (χ2v) is 7.37. The molecule has 25 heavy (non-hydrogen) atoms. The van der Waals surface area contributed by atoms with Gasteiger partial charge in [-0.25, -0.2) is 8.42 Å². The molecule has 8 heteroatoms. The summed E-state index contributed by atoms with van der Waals surface area (Å²) in [5, 5.41) is 5.44. The first-order valence-electron chi connectivity index (χ1n) is 7.41. The van der Waals surface area contributed by atoms with Crippen molar-refractivity contribution < 1.29 is 18.0 Å². The summed E-state index contributed by atoms with van der Waals surface area (Å²) in [4.78, 5) is 23.5. The van der Waals surface area contributed by atoms with Crippen molar-refractivity contribution in [2.24, 2.45) is 0 Å². The zero-order valence-electron chi connectivity index (χ0n) is 14.1. The van der Waals surface area contributed by atoms with Crippen molar-refractivity contribution in [2.75, 3.05) is 21.6 Å². The molecule has 0 spiro atoms. The molecular weight excluding hydrogens is 342 g/mol. The van der Waals surface area contributed by atoms with Gasteiger partial charge in [0.15, 0.2) is 0 Å². The molecule has 0 radical (unpaired) electrons. The summed E-state index contributed by atoms with van der Waals surface area (Å²) in [7, 11) is -3.42. The van der Waals surface area contributed by atoms with Crippen molar-refractivity contribution >= 4 is 38.9 Å². The van der Waals surface area contributed by atoms with Crippen molar-refractivity contribution in [2.45, 2.75) is 13.8 Å². The number of hydrogen-bond donors (Lipinski definition) is 3. The molecule has 0 saturated heterocycles. The van der Waals surface area contributed by atoms with Crippen LogP contribution in [0.15, 0.2) is 42.5 Å². The molecule has 0 aliphatic heterocycles. The van der Waals surface area contributed by atoms with Crippen LogP contribution in [0.2, 0.25) is 0 Å². The van der Waals surface area contributed by atoms with E-state index in [0.29, 0.717) is 22.6 Å². The molecule has 0 fully saturated rings. The van der Waals surface area contributed by atoms with Crippen LogP contribution in [0.25, 0.3) is 0 Å². The zero-order valence-corrected chi connectivity index (χ0v) is 14.9. The maximum Gasteiger partial charge on any atom is 0.255 e. The zero-order chi connectivity index (χ0) is 18.6. The average molecular weight is 361 g/mol. The van der Waals surface area contributed by atoms with Crippen LogP contribution in [-0.2, 0) is 14.8 Å². The fourth-order valence-corrected chi connectivity index (χ4v) is 2.77. The van der Waals surface area contributed by atoms with Crippen LogP contribution < -0.4 is 15.4 Å². The van der Waals surface area contributed by atoms with Gasteiger partial charge in [-0.3, -0.25) is 14.3 Å². The summed E-state index contributed by atoms with van der Waals surface area (Å²) in [6, 6.07) is 11.3. The van der Waals surface area contributed by atoms with E-state index in [1.807, 2.05) is 6.92 Å². The number of benzene rings is 2. The highest BCUT2D eigenvalue weighted by Gasteiger charge is 2.10. The summed E-state index contributed by atoms with van der Waals surface area (Å²) in [6.07, 6.45) is 1.04. The predicted octanol–water partition coefficient (Wildman–Crippen LogP) is 2.58. The smallest absolute Gasteiger partial charge is 0.255 e. The standard InChI is InChI=1S/C17H19N3O4S/c1-11-9-14(7-8-16(11)18-12(2)21)19-17(22)13-5-4-6-15(10-13)20-25(3,23)24/h4-10,20H,1-3H3,(H,18,21)(H,19,22). The molecule has 0 aromatic heterocycles. The predicted molar refractivity (Wildman–Crippen MR) is 98.3 cm³/mol. The molecule has 2 amide bonds. The molecule has 2 aromatic carbocycles. The van der Waals surface area contributed by atoms with Gasteiger partial charge in [-0.2, -0.15) is 0 Å². The summed E-state index contributed by atoms with van der Waals surface area (Å²) in [5.74, 6) is -0.543. The average Bonchev–Trinajstić information content (AvgIpc) is 2.48. The third kappa shape index (κ3) is 5.61. The minimum atomic E-state index is -3.42. The lowest BCUT2D eigenvalue weighted by Gasteiger charge is -2.11. The van der Waals surface area contributed by atoms with Crippen molar-refractivity contribution in [3.63, 3.8) is 0 Å². The lowest BCUT2D eigenvalue weighted by Crippen LogP contribution is -2.14. The maximum absolute atomic E-state index is 12.3. The Balaban J connectivity index is 2.16. The number of carbonyl (C=O) groups is 2. The van der Waals surface area contributed by atoms with Crippen LogP contribution in [0.5, 0.6) is 0 Å². The first-order valence-corrected chi connectivity index (χ1v) is 9.30. The second-order valence-electron chi connectivity index (χ2n) is 5.62. The van der Waals surface area contributed by atoms with Crippen LogP contribution >= 0.6 is 0 Å². The molecule has 132 valence electrons.